The van der Waals surface area contributed by atoms with E-state index in [-0.39, 0.29) is 0 Å². The van der Waals surface area contributed by atoms with Gasteiger partial charge in [0.2, 0.25) is 0 Å². The lowest BCUT2D eigenvalue weighted by Crippen LogP contribution is -2.36. The van der Waals surface area contributed by atoms with Crippen molar-refractivity contribution in [3.63, 3.8) is 0 Å². The van der Waals surface area contributed by atoms with Gasteiger partial charge in [-0.1, -0.05) is 28.1 Å². The quantitative estimate of drug-likeness (QED) is 0.870. The fraction of sp³-hybridized carbons (Fsp3) is 0.462. The number of hydrogen-bond donors (Lipinski definition) is 1. The summed E-state index contributed by atoms with van der Waals surface area (Å²) in [5.41, 5.74) is -0.553. The van der Waals surface area contributed by atoms with E-state index in [0.717, 1.165) is 4.47 Å². The van der Waals surface area contributed by atoms with E-state index in [1.807, 2.05) is 12.1 Å². The molecule has 0 radical (unpaired) electrons. The smallest absolute Gasteiger partial charge is 0.311 e. The molecular formula is C13H17BrO3. The zero-order chi connectivity index (χ0) is 13.1. The van der Waals surface area contributed by atoms with Crippen LogP contribution in [0.5, 0.6) is 0 Å². The van der Waals surface area contributed by atoms with Crippen molar-refractivity contribution in [2.24, 2.45) is 5.92 Å². The number of rotatable bonds is 4. The molecule has 0 aliphatic rings. The third-order valence-corrected chi connectivity index (χ3v) is 3.39. The van der Waals surface area contributed by atoms with Crippen molar-refractivity contribution in [3.05, 3.63) is 34.3 Å². The van der Waals surface area contributed by atoms with Gasteiger partial charge in [0.25, 0.3) is 0 Å². The number of halogens is 1. The second kappa shape index (κ2) is 5.65. The predicted octanol–water partition coefficient (Wildman–Crippen LogP) is 2.86. The highest BCUT2D eigenvalue weighted by molar-refractivity contribution is 9.10. The maximum absolute atomic E-state index is 11.7. The highest BCUT2D eigenvalue weighted by Crippen LogP contribution is 2.31. The summed E-state index contributed by atoms with van der Waals surface area (Å²) in [6.45, 7) is 5.35. The first kappa shape index (κ1) is 14.2. The highest BCUT2D eigenvalue weighted by atomic mass is 79.9. The van der Waals surface area contributed by atoms with Crippen molar-refractivity contribution in [2.45, 2.75) is 26.4 Å². The van der Waals surface area contributed by atoms with Gasteiger partial charge < -0.3 is 9.84 Å². The van der Waals surface area contributed by atoms with Crippen LogP contribution in [-0.2, 0) is 15.1 Å². The summed E-state index contributed by atoms with van der Waals surface area (Å²) in [7, 11) is 0. The van der Waals surface area contributed by atoms with Crippen LogP contribution < -0.4 is 0 Å². The number of ether oxygens (including phenoxy) is 1. The van der Waals surface area contributed by atoms with Crippen molar-refractivity contribution >= 4 is 21.9 Å². The van der Waals surface area contributed by atoms with E-state index < -0.39 is 17.5 Å². The Labute approximate surface area is 110 Å². The number of carbonyl (C=O) groups is 1. The van der Waals surface area contributed by atoms with E-state index in [9.17, 15) is 9.90 Å². The summed E-state index contributed by atoms with van der Waals surface area (Å²) in [5.74, 6) is -1.01. The van der Waals surface area contributed by atoms with Gasteiger partial charge in [-0.3, -0.25) is 4.79 Å². The van der Waals surface area contributed by atoms with E-state index in [2.05, 4.69) is 15.9 Å². The maximum Gasteiger partial charge on any atom is 0.311 e. The SMILES string of the molecule is CCOC(=O)[C@H](C)[C@](C)(O)c1cccc(Br)c1. The summed E-state index contributed by atoms with van der Waals surface area (Å²) in [6, 6.07) is 7.29. The Kier molecular flexibility index (Phi) is 4.71. The molecule has 0 saturated heterocycles. The molecule has 1 N–H and O–H groups in total. The minimum Gasteiger partial charge on any atom is -0.466 e. The number of aliphatic hydroxyl groups is 1. The summed E-state index contributed by atoms with van der Waals surface area (Å²) < 4.78 is 5.80. The standard InChI is InChI=1S/C13H17BrO3/c1-4-17-12(15)9(2)13(3,16)10-6-5-7-11(14)8-10/h5-9,16H,4H2,1-3H3/t9-,13-/m0/s1. The van der Waals surface area contributed by atoms with Gasteiger partial charge in [-0.15, -0.1) is 0 Å². The third kappa shape index (κ3) is 3.30. The molecule has 1 aromatic carbocycles. The number of hydrogen-bond acceptors (Lipinski definition) is 3. The van der Waals surface area contributed by atoms with Gasteiger partial charge in [0.15, 0.2) is 0 Å². The van der Waals surface area contributed by atoms with E-state index in [1.165, 1.54) is 0 Å². The van der Waals surface area contributed by atoms with Gasteiger partial charge in [0.1, 0.15) is 0 Å². The Morgan fingerprint density at radius 1 is 1.59 bits per heavy atom. The molecule has 2 atom stereocenters. The second-order valence-corrected chi connectivity index (χ2v) is 5.05. The van der Waals surface area contributed by atoms with Crippen molar-refractivity contribution in [1.82, 2.24) is 0 Å². The van der Waals surface area contributed by atoms with Gasteiger partial charge >= 0.3 is 5.97 Å². The van der Waals surface area contributed by atoms with Gasteiger partial charge in [-0.05, 0) is 38.5 Å². The minimum absolute atomic E-state index is 0.317. The average Bonchev–Trinajstić information content (AvgIpc) is 2.28. The van der Waals surface area contributed by atoms with E-state index in [1.54, 1.807) is 32.9 Å². The predicted molar refractivity (Wildman–Crippen MR) is 69.5 cm³/mol. The van der Waals surface area contributed by atoms with Crippen molar-refractivity contribution < 1.29 is 14.6 Å². The zero-order valence-electron chi connectivity index (χ0n) is 10.2. The Morgan fingerprint density at radius 2 is 2.24 bits per heavy atom. The third-order valence-electron chi connectivity index (χ3n) is 2.89. The van der Waals surface area contributed by atoms with Gasteiger partial charge in [-0.2, -0.15) is 0 Å². The van der Waals surface area contributed by atoms with Gasteiger partial charge in [0, 0.05) is 4.47 Å². The summed E-state index contributed by atoms with van der Waals surface area (Å²) in [5, 5.41) is 10.5. The Bertz CT molecular complexity index is 401. The Balaban J connectivity index is 2.97. The molecule has 0 unspecified atom stereocenters. The van der Waals surface area contributed by atoms with Crippen LogP contribution in [0.2, 0.25) is 0 Å². The summed E-state index contributed by atoms with van der Waals surface area (Å²) in [6.07, 6.45) is 0. The van der Waals surface area contributed by atoms with Crippen LogP contribution >= 0.6 is 15.9 Å². The molecule has 3 nitrogen and oxygen atoms in total. The molecule has 0 aliphatic heterocycles. The van der Waals surface area contributed by atoms with Gasteiger partial charge in [-0.25, -0.2) is 0 Å². The minimum atomic E-state index is -1.24. The molecule has 0 saturated carbocycles. The molecule has 94 valence electrons. The topological polar surface area (TPSA) is 46.5 Å². The lowest BCUT2D eigenvalue weighted by Gasteiger charge is -2.29. The molecular weight excluding hydrogens is 284 g/mol. The monoisotopic (exact) mass is 300 g/mol. The summed E-state index contributed by atoms with van der Waals surface area (Å²) >= 11 is 3.34. The lowest BCUT2D eigenvalue weighted by molar-refractivity contribution is -0.156. The first-order chi connectivity index (χ1) is 7.89. The van der Waals surface area contributed by atoms with Crippen molar-refractivity contribution in [3.8, 4) is 0 Å². The van der Waals surface area contributed by atoms with Crippen LogP contribution in [0.25, 0.3) is 0 Å². The van der Waals surface area contributed by atoms with Crippen molar-refractivity contribution in [1.29, 1.82) is 0 Å². The van der Waals surface area contributed by atoms with E-state index >= 15 is 0 Å². The molecule has 0 spiro atoms. The van der Waals surface area contributed by atoms with E-state index in [0.29, 0.717) is 12.2 Å². The second-order valence-electron chi connectivity index (χ2n) is 4.13. The fourth-order valence-electron chi connectivity index (χ4n) is 1.55. The molecule has 0 fully saturated rings. The first-order valence-electron chi connectivity index (χ1n) is 5.54. The zero-order valence-corrected chi connectivity index (χ0v) is 11.8. The average molecular weight is 301 g/mol. The number of esters is 1. The highest BCUT2D eigenvalue weighted by Gasteiger charge is 2.36. The maximum atomic E-state index is 11.7. The Hall–Kier alpha value is -0.870. The normalized spacial score (nSPS) is 16.1. The van der Waals surface area contributed by atoms with Crippen LogP contribution in [0.3, 0.4) is 0 Å². The molecule has 1 aromatic rings. The van der Waals surface area contributed by atoms with E-state index in [4.69, 9.17) is 4.74 Å². The molecule has 0 aromatic heterocycles. The van der Waals surface area contributed by atoms with Gasteiger partial charge in [0.05, 0.1) is 18.1 Å². The fourth-order valence-corrected chi connectivity index (χ4v) is 1.95. The Morgan fingerprint density at radius 3 is 2.76 bits per heavy atom. The molecule has 17 heavy (non-hydrogen) atoms. The lowest BCUT2D eigenvalue weighted by atomic mass is 9.84. The molecule has 0 amide bonds. The van der Waals surface area contributed by atoms with Crippen LogP contribution in [0.15, 0.2) is 28.7 Å². The van der Waals surface area contributed by atoms with Crippen LogP contribution in [0.4, 0.5) is 0 Å². The first-order valence-corrected chi connectivity index (χ1v) is 6.34. The number of benzene rings is 1. The molecule has 0 heterocycles. The van der Waals surface area contributed by atoms with Crippen LogP contribution in [-0.4, -0.2) is 17.7 Å². The molecule has 0 bridgehead atoms. The molecule has 0 aliphatic carbocycles. The summed E-state index contributed by atoms with van der Waals surface area (Å²) in [4.78, 5) is 11.7. The largest absolute Gasteiger partial charge is 0.466 e. The number of carbonyl (C=O) groups excluding carboxylic acids is 1. The van der Waals surface area contributed by atoms with Crippen LogP contribution in [0.1, 0.15) is 26.3 Å². The van der Waals surface area contributed by atoms with Crippen molar-refractivity contribution in [2.75, 3.05) is 6.61 Å². The van der Waals surface area contributed by atoms with Crippen LogP contribution in [0, 0.1) is 5.92 Å². The molecule has 1 rings (SSSR count). The molecule has 4 heteroatoms.